The van der Waals surface area contributed by atoms with E-state index in [1.54, 1.807) is 18.5 Å². The second-order valence-electron chi connectivity index (χ2n) is 9.79. The van der Waals surface area contributed by atoms with E-state index in [2.05, 4.69) is 36.5 Å². The van der Waals surface area contributed by atoms with Crippen LogP contribution in [0.2, 0.25) is 0 Å². The predicted octanol–water partition coefficient (Wildman–Crippen LogP) is 9.46. The Kier molecular flexibility index (Phi) is 27.7. The zero-order valence-electron chi connectivity index (χ0n) is 23.4. The molecule has 0 aromatic heterocycles. The van der Waals surface area contributed by atoms with Gasteiger partial charge in [-0.2, -0.15) is 0 Å². The number of rotatable bonds is 23. The molecule has 0 amide bonds. The molecule has 0 radical (unpaired) electrons. The molecule has 0 fully saturated rings. The van der Waals surface area contributed by atoms with Gasteiger partial charge in [0, 0.05) is 13.9 Å². The van der Waals surface area contributed by atoms with Gasteiger partial charge in [-0.15, -0.1) is 0 Å². The number of hydrogen-bond donors (Lipinski definition) is 0. The summed E-state index contributed by atoms with van der Waals surface area (Å²) in [7, 11) is -4.59. The topological polar surface area (TPSA) is 58.6 Å². The van der Waals surface area contributed by atoms with Gasteiger partial charge in [0.25, 0.3) is 7.82 Å². The molecule has 202 valence electrons. The van der Waals surface area contributed by atoms with E-state index in [0.717, 1.165) is 25.7 Å². The summed E-state index contributed by atoms with van der Waals surface area (Å²) in [6.45, 7) is 14.1. The minimum absolute atomic E-state index is 0.226. The molecule has 0 spiro atoms. The van der Waals surface area contributed by atoms with Gasteiger partial charge in [-0.1, -0.05) is 86.0 Å². The van der Waals surface area contributed by atoms with Crippen molar-refractivity contribution in [3.8, 4) is 0 Å². The monoisotopic (exact) mass is 510 g/mol. The zero-order valence-corrected chi connectivity index (χ0v) is 25.2. The van der Waals surface area contributed by atoms with E-state index in [1.165, 1.54) is 77.0 Å². The van der Waals surface area contributed by atoms with Crippen molar-refractivity contribution >= 4 is 15.1 Å². The highest BCUT2D eigenvalue weighted by Gasteiger charge is 2.29. The number of unbranched alkanes of at least 4 members (excludes halogenated alkanes) is 11. The number of phosphoric acid groups is 1. The van der Waals surface area contributed by atoms with Crippen molar-refractivity contribution in [2.24, 2.45) is 0 Å². The Bertz CT molecular complexity index is 387. The molecule has 0 atom stereocenters. The lowest BCUT2D eigenvalue weighted by molar-refractivity contribution is -0.225. The molecular formula is C27H60O4P2. The molecule has 0 aromatic carbocycles. The van der Waals surface area contributed by atoms with Crippen LogP contribution in [0, 0.1) is 0 Å². The van der Waals surface area contributed by atoms with Gasteiger partial charge in [-0.25, -0.2) is 0 Å². The van der Waals surface area contributed by atoms with E-state index < -0.39 is 15.1 Å². The Labute approximate surface area is 209 Å². The molecule has 0 aromatic rings. The molecule has 0 rings (SSSR count). The van der Waals surface area contributed by atoms with Crippen LogP contribution in [0.4, 0.5) is 0 Å². The summed E-state index contributed by atoms with van der Waals surface area (Å²) >= 11 is 0. The first-order valence-corrected chi connectivity index (χ1v) is 18.5. The molecule has 33 heavy (non-hydrogen) atoms. The Morgan fingerprint density at radius 2 is 0.848 bits per heavy atom. The van der Waals surface area contributed by atoms with Gasteiger partial charge in [0.1, 0.15) is 0 Å². The summed E-state index contributed by atoms with van der Waals surface area (Å²) in [6.07, 6.45) is 25.5. The fourth-order valence-electron chi connectivity index (χ4n) is 3.77. The van der Waals surface area contributed by atoms with E-state index >= 15 is 0 Å². The first kappa shape index (κ1) is 35.7. The Morgan fingerprint density at radius 1 is 0.545 bits per heavy atom. The first-order chi connectivity index (χ1) is 15.8. The van der Waals surface area contributed by atoms with E-state index in [4.69, 9.17) is 0 Å². The Morgan fingerprint density at radius 3 is 1.12 bits per heavy atom. The summed E-state index contributed by atoms with van der Waals surface area (Å²) < 4.78 is 20.2. The molecule has 0 aliphatic heterocycles. The summed E-state index contributed by atoms with van der Waals surface area (Å²) in [4.78, 5) is 11.0. The zero-order chi connectivity index (χ0) is 25.3. The van der Waals surface area contributed by atoms with Crippen molar-refractivity contribution in [3.63, 3.8) is 0 Å². The van der Waals surface area contributed by atoms with Gasteiger partial charge in [-0.3, -0.25) is 4.57 Å². The van der Waals surface area contributed by atoms with Crippen LogP contribution < -0.4 is 4.89 Å². The highest BCUT2D eigenvalue weighted by Crippen LogP contribution is 2.57. The van der Waals surface area contributed by atoms with Crippen molar-refractivity contribution < 1.29 is 18.5 Å². The van der Waals surface area contributed by atoms with Crippen molar-refractivity contribution in [2.75, 3.05) is 38.4 Å². The van der Waals surface area contributed by atoms with E-state index in [-0.39, 0.29) is 13.2 Å². The van der Waals surface area contributed by atoms with Crippen LogP contribution in [-0.2, 0) is 13.6 Å². The molecule has 0 N–H and O–H groups in total. The SMILES string of the molecule is CCCCCC[P+](C)(CCCCCC)CCCCCC.CCCCOP(=O)([O-])OCCCC. The first-order valence-electron chi connectivity index (χ1n) is 14.2. The molecule has 0 aliphatic rings. The smallest absolute Gasteiger partial charge is 0.267 e. The third-order valence-electron chi connectivity index (χ3n) is 6.15. The molecule has 6 heteroatoms. The molecule has 0 bridgehead atoms. The second-order valence-corrected chi connectivity index (χ2v) is 15.8. The third kappa shape index (κ3) is 27.0. The fraction of sp³-hybridized carbons (Fsp3) is 1.00. The van der Waals surface area contributed by atoms with Crippen molar-refractivity contribution in [1.29, 1.82) is 0 Å². The molecule has 0 saturated heterocycles. The second kappa shape index (κ2) is 25.6. The Balaban J connectivity index is 0. The minimum Gasteiger partial charge on any atom is -0.756 e. The quantitative estimate of drug-likeness (QED) is 0.101. The van der Waals surface area contributed by atoms with Gasteiger partial charge in [0.05, 0.1) is 31.7 Å². The largest absolute Gasteiger partial charge is 0.756 e. The van der Waals surface area contributed by atoms with Crippen LogP contribution in [0.15, 0.2) is 0 Å². The maximum Gasteiger partial charge on any atom is 0.267 e. The van der Waals surface area contributed by atoms with Gasteiger partial charge in [-0.05, 0) is 51.4 Å². The lowest BCUT2D eigenvalue weighted by Crippen LogP contribution is -2.09. The summed E-state index contributed by atoms with van der Waals surface area (Å²) in [5, 5.41) is 0. The van der Waals surface area contributed by atoms with E-state index in [1.807, 2.05) is 13.8 Å². The van der Waals surface area contributed by atoms with E-state index in [0.29, 0.717) is 0 Å². The van der Waals surface area contributed by atoms with Crippen LogP contribution in [-0.4, -0.2) is 38.4 Å². The fourth-order valence-corrected chi connectivity index (χ4v) is 8.19. The normalized spacial score (nSPS) is 12.0. The summed E-state index contributed by atoms with van der Waals surface area (Å²) in [5.41, 5.74) is 0. The van der Waals surface area contributed by atoms with Crippen LogP contribution in [0.1, 0.15) is 137 Å². The van der Waals surface area contributed by atoms with Gasteiger partial charge < -0.3 is 13.9 Å². The standard InChI is InChI=1S/C19H42P.C8H19O4P/c1-5-8-11-14-17-20(4,18-15-12-9-6-2)19-16-13-10-7-3;1-3-5-7-11-13(9,10)12-8-6-4-2/h5-19H2,1-4H3;3-8H2,1-2H3,(H,9,10)/q+1;/p-1. The van der Waals surface area contributed by atoms with E-state index in [9.17, 15) is 9.46 Å². The van der Waals surface area contributed by atoms with Gasteiger partial charge in [0.2, 0.25) is 0 Å². The highest BCUT2D eigenvalue weighted by molar-refractivity contribution is 7.75. The number of hydrogen-bond acceptors (Lipinski definition) is 4. The number of phosphoric ester groups is 1. The average molecular weight is 511 g/mol. The third-order valence-corrected chi connectivity index (χ3v) is 11.3. The highest BCUT2D eigenvalue weighted by atomic mass is 31.2. The summed E-state index contributed by atoms with van der Waals surface area (Å²) in [6, 6.07) is 0. The molecule has 0 heterocycles. The van der Waals surface area contributed by atoms with Crippen LogP contribution in [0.3, 0.4) is 0 Å². The van der Waals surface area contributed by atoms with Crippen LogP contribution >= 0.6 is 15.1 Å². The molecule has 4 nitrogen and oxygen atoms in total. The molecule has 0 saturated carbocycles. The van der Waals surface area contributed by atoms with Crippen LogP contribution in [0.25, 0.3) is 0 Å². The van der Waals surface area contributed by atoms with Crippen molar-refractivity contribution in [3.05, 3.63) is 0 Å². The maximum atomic E-state index is 11.0. The van der Waals surface area contributed by atoms with Crippen molar-refractivity contribution in [1.82, 2.24) is 0 Å². The molecule has 0 unspecified atom stereocenters. The molecule has 0 aliphatic carbocycles. The minimum atomic E-state index is -4.00. The maximum absolute atomic E-state index is 11.0. The Hall–Kier alpha value is 0.540. The average Bonchev–Trinajstić information content (AvgIpc) is 2.78. The predicted molar refractivity (Wildman–Crippen MR) is 149 cm³/mol. The molecular weight excluding hydrogens is 450 g/mol. The van der Waals surface area contributed by atoms with Gasteiger partial charge >= 0.3 is 0 Å². The van der Waals surface area contributed by atoms with Gasteiger partial charge in [0.15, 0.2) is 0 Å². The lowest BCUT2D eigenvalue weighted by atomic mass is 10.2. The van der Waals surface area contributed by atoms with Crippen molar-refractivity contribution in [2.45, 2.75) is 137 Å². The lowest BCUT2D eigenvalue weighted by Gasteiger charge is -2.23. The van der Waals surface area contributed by atoms with Crippen LogP contribution in [0.5, 0.6) is 0 Å². The summed E-state index contributed by atoms with van der Waals surface area (Å²) in [5.74, 6) is 0.